The Labute approximate surface area is 108 Å². The van der Waals surface area contributed by atoms with Crippen molar-refractivity contribution >= 4 is 12.0 Å². The maximum Gasteiger partial charge on any atom is 0.358 e. The predicted molar refractivity (Wildman–Crippen MR) is 65.6 cm³/mol. The smallest absolute Gasteiger partial charge is 0.358 e. The van der Waals surface area contributed by atoms with E-state index in [1.165, 1.54) is 24.1 Å². The van der Waals surface area contributed by atoms with Crippen LogP contribution in [0.4, 0.5) is 4.79 Å². The second-order valence-corrected chi connectivity index (χ2v) is 3.58. The fourth-order valence-corrected chi connectivity index (χ4v) is 1.53. The van der Waals surface area contributed by atoms with Crippen LogP contribution in [0.15, 0.2) is 18.6 Å². The first kappa shape index (κ1) is 12.8. The standard InChI is InChI=1S/C11H13N5O3/c1-3-12-11(18)16-6-7(10(17)19-2)15-9(16)8-13-4-5-14-8/h4-6H,3H2,1-2H3,(H,12,18)(H,13,14). The molecule has 2 aromatic rings. The molecule has 2 aromatic heterocycles. The summed E-state index contributed by atoms with van der Waals surface area (Å²) in [5, 5.41) is 2.62. The Morgan fingerprint density at radius 1 is 1.53 bits per heavy atom. The summed E-state index contributed by atoms with van der Waals surface area (Å²) in [5.41, 5.74) is 0.0418. The molecule has 0 fully saturated rings. The SMILES string of the molecule is CCNC(=O)n1cc(C(=O)OC)nc1-c1ncc[nH]1. The molecule has 0 radical (unpaired) electrons. The number of aromatic amines is 1. The van der Waals surface area contributed by atoms with Crippen molar-refractivity contribution in [2.75, 3.05) is 13.7 Å². The summed E-state index contributed by atoms with van der Waals surface area (Å²) in [6, 6.07) is -0.392. The van der Waals surface area contributed by atoms with Crippen molar-refractivity contribution in [2.45, 2.75) is 6.92 Å². The highest BCUT2D eigenvalue weighted by Crippen LogP contribution is 2.15. The first-order chi connectivity index (χ1) is 9.17. The van der Waals surface area contributed by atoms with Gasteiger partial charge in [0, 0.05) is 25.1 Å². The van der Waals surface area contributed by atoms with E-state index in [4.69, 9.17) is 0 Å². The van der Waals surface area contributed by atoms with Crippen molar-refractivity contribution < 1.29 is 14.3 Å². The Balaban J connectivity index is 2.47. The molecular formula is C11H13N5O3. The number of carbonyl (C=O) groups excluding carboxylic acids is 2. The first-order valence-corrected chi connectivity index (χ1v) is 5.63. The van der Waals surface area contributed by atoms with Crippen LogP contribution in [0.25, 0.3) is 11.6 Å². The van der Waals surface area contributed by atoms with Gasteiger partial charge in [0.05, 0.1) is 7.11 Å². The van der Waals surface area contributed by atoms with Gasteiger partial charge < -0.3 is 15.0 Å². The van der Waals surface area contributed by atoms with E-state index in [0.717, 1.165) is 0 Å². The lowest BCUT2D eigenvalue weighted by molar-refractivity contribution is 0.0594. The molecule has 0 spiro atoms. The maximum absolute atomic E-state index is 11.9. The van der Waals surface area contributed by atoms with Crippen LogP contribution >= 0.6 is 0 Å². The number of hydrogen-bond donors (Lipinski definition) is 2. The van der Waals surface area contributed by atoms with Gasteiger partial charge in [0.1, 0.15) is 0 Å². The van der Waals surface area contributed by atoms with E-state index in [9.17, 15) is 9.59 Å². The third-order valence-corrected chi connectivity index (χ3v) is 2.36. The molecule has 0 saturated heterocycles. The Morgan fingerprint density at radius 2 is 2.32 bits per heavy atom. The van der Waals surface area contributed by atoms with Crippen molar-refractivity contribution in [1.29, 1.82) is 0 Å². The van der Waals surface area contributed by atoms with E-state index in [-0.39, 0.29) is 11.5 Å². The van der Waals surface area contributed by atoms with Crippen LogP contribution in [0.1, 0.15) is 17.4 Å². The van der Waals surface area contributed by atoms with E-state index < -0.39 is 12.0 Å². The molecule has 2 rings (SSSR count). The van der Waals surface area contributed by atoms with Gasteiger partial charge in [-0.05, 0) is 6.92 Å². The van der Waals surface area contributed by atoms with Gasteiger partial charge in [0.25, 0.3) is 0 Å². The molecule has 0 aliphatic carbocycles. The van der Waals surface area contributed by atoms with E-state index >= 15 is 0 Å². The fourth-order valence-electron chi connectivity index (χ4n) is 1.53. The van der Waals surface area contributed by atoms with Crippen LogP contribution in [-0.2, 0) is 4.74 Å². The number of rotatable bonds is 3. The molecule has 0 saturated carbocycles. The third-order valence-electron chi connectivity index (χ3n) is 2.36. The minimum Gasteiger partial charge on any atom is -0.464 e. The molecular weight excluding hydrogens is 250 g/mol. The lowest BCUT2D eigenvalue weighted by Crippen LogP contribution is -2.28. The maximum atomic E-state index is 11.9. The molecule has 0 aromatic carbocycles. The number of imidazole rings is 2. The van der Waals surface area contributed by atoms with E-state index in [2.05, 4.69) is 25.0 Å². The molecule has 8 heteroatoms. The minimum absolute atomic E-state index is 0.0418. The number of nitrogens with zero attached hydrogens (tertiary/aromatic N) is 3. The number of hydrogen-bond acceptors (Lipinski definition) is 5. The van der Waals surface area contributed by atoms with E-state index in [1.807, 2.05) is 0 Å². The topological polar surface area (TPSA) is 102 Å². The van der Waals surface area contributed by atoms with Crippen molar-refractivity contribution in [1.82, 2.24) is 24.8 Å². The minimum atomic E-state index is -0.615. The van der Waals surface area contributed by atoms with Gasteiger partial charge in [-0.2, -0.15) is 0 Å². The van der Waals surface area contributed by atoms with Gasteiger partial charge in [0.15, 0.2) is 17.3 Å². The fraction of sp³-hybridized carbons (Fsp3) is 0.273. The molecule has 0 bridgehead atoms. The van der Waals surface area contributed by atoms with Crippen molar-refractivity contribution in [3.8, 4) is 11.6 Å². The molecule has 0 aliphatic rings. The highest BCUT2D eigenvalue weighted by atomic mass is 16.5. The number of aromatic nitrogens is 4. The number of carbonyl (C=O) groups is 2. The summed E-state index contributed by atoms with van der Waals surface area (Å²) in [6.07, 6.45) is 4.45. The summed E-state index contributed by atoms with van der Waals surface area (Å²) in [6.45, 7) is 2.25. The monoisotopic (exact) mass is 263 g/mol. The molecule has 8 nitrogen and oxygen atoms in total. The van der Waals surface area contributed by atoms with Crippen molar-refractivity contribution in [3.63, 3.8) is 0 Å². The van der Waals surface area contributed by atoms with Crippen molar-refractivity contribution in [3.05, 3.63) is 24.3 Å². The largest absolute Gasteiger partial charge is 0.464 e. The third kappa shape index (κ3) is 2.46. The van der Waals surface area contributed by atoms with Gasteiger partial charge in [-0.3, -0.25) is 0 Å². The molecule has 19 heavy (non-hydrogen) atoms. The van der Waals surface area contributed by atoms with Crippen LogP contribution in [0.3, 0.4) is 0 Å². The molecule has 0 aliphatic heterocycles. The van der Waals surface area contributed by atoms with Gasteiger partial charge in [-0.15, -0.1) is 0 Å². The highest BCUT2D eigenvalue weighted by molar-refractivity contribution is 5.90. The van der Waals surface area contributed by atoms with Crippen LogP contribution in [0, 0.1) is 0 Å². The van der Waals surface area contributed by atoms with Crippen LogP contribution < -0.4 is 5.32 Å². The highest BCUT2D eigenvalue weighted by Gasteiger charge is 2.20. The summed E-state index contributed by atoms with van der Waals surface area (Å²) in [5.74, 6) is 0.0219. The number of amides is 1. The Kier molecular flexibility index (Phi) is 3.60. The lowest BCUT2D eigenvalue weighted by Gasteiger charge is -2.04. The number of ether oxygens (including phenoxy) is 1. The summed E-state index contributed by atoms with van der Waals surface area (Å²) in [4.78, 5) is 34.3. The van der Waals surface area contributed by atoms with Crippen LogP contribution in [-0.4, -0.2) is 45.2 Å². The zero-order chi connectivity index (χ0) is 13.8. The zero-order valence-corrected chi connectivity index (χ0v) is 10.5. The van der Waals surface area contributed by atoms with Gasteiger partial charge in [0.2, 0.25) is 0 Å². The molecule has 2 N–H and O–H groups in total. The molecule has 0 atom stereocenters. The number of methoxy groups -OCH3 is 1. The Hall–Kier alpha value is -2.64. The summed E-state index contributed by atoms with van der Waals surface area (Å²) >= 11 is 0. The van der Waals surface area contributed by atoms with Gasteiger partial charge >= 0.3 is 12.0 Å². The summed E-state index contributed by atoms with van der Waals surface area (Å²) < 4.78 is 5.80. The Bertz CT molecular complexity index is 588. The van der Waals surface area contributed by atoms with E-state index in [1.54, 1.807) is 13.1 Å². The first-order valence-electron chi connectivity index (χ1n) is 5.63. The van der Waals surface area contributed by atoms with E-state index in [0.29, 0.717) is 12.4 Å². The number of H-pyrrole nitrogens is 1. The molecule has 0 unspecified atom stereocenters. The second-order valence-electron chi connectivity index (χ2n) is 3.58. The summed E-state index contributed by atoms with van der Waals surface area (Å²) in [7, 11) is 1.25. The number of nitrogens with one attached hydrogen (secondary N) is 2. The predicted octanol–water partition coefficient (Wildman–Crippen LogP) is 0.637. The van der Waals surface area contributed by atoms with Crippen LogP contribution in [0.2, 0.25) is 0 Å². The van der Waals surface area contributed by atoms with Gasteiger partial charge in [-0.1, -0.05) is 0 Å². The Morgan fingerprint density at radius 3 is 2.89 bits per heavy atom. The quantitative estimate of drug-likeness (QED) is 0.791. The average molecular weight is 263 g/mol. The second kappa shape index (κ2) is 5.34. The molecule has 1 amide bonds. The molecule has 2 heterocycles. The lowest BCUT2D eigenvalue weighted by atomic mass is 10.5. The van der Waals surface area contributed by atoms with Crippen LogP contribution in [0.5, 0.6) is 0 Å². The normalized spacial score (nSPS) is 10.2. The zero-order valence-electron chi connectivity index (χ0n) is 10.5. The van der Waals surface area contributed by atoms with Gasteiger partial charge in [-0.25, -0.2) is 24.1 Å². The molecule has 100 valence electrons. The average Bonchev–Trinajstić information content (AvgIpc) is 3.06. The van der Waals surface area contributed by atoms with Crippen molar-refractivity contribution in [2.24, 2.45) is 0 Å². The number of esters is 1.